The molecule has 0 spiro atoms. The zero-order chi connectivity index (χ0) is 13.7. The Balaban J connectivity index is 2.59. The summed E-state index contributed by atoms with van der Waals surface area (Å²) in [5, 5.41) is 8.58. The summed E-state index contributed by atoms with van der Waals surface area (Å²) in [7, 11) is 0. The van der Waals surface area contributed by atoms with Crippen LogP contribution >= 0.6 is 11.8 Å². The van der Waals surface area contributed by atoms with Gasteiger partial charge in [0.2, 0.25) is 0 Å². The second kappa shape index (κ2) is 6.83. The van der Waals surface area contributed by atoms with Crippen LogP contribution in [0.1, 0.15) is 34.2 Å². The van der Waals surface area contributed by atoms with E-state index in [2.05, 4.69) is 33.8 Å². The molecule has 1 rings (SSSR count). The summed E-state index contributed by atoms with van der Waals surface area (Å²) < 4.78 is 0. The highest BCUT2D eigenvalue weighted by Gasteiger charge is 2.08. The highest BCUT2D eigenvalue weighted by Crippen LogP contribution is 2.23. The number of hydrogen-bond acceptors (Lipinski definition) is 2. The first kappa shape index (κ1) is 15.1. The van der Waals surface area contributed by atoms with Crippen LogP contribution in [-0.2, 0) is 11.2 Å². The Labute approximate surface area is 114 Å². The van der Waals surface area contributed by atoms with Gasteiger partial charge in [0, 0.05) is 5.75 Å². The zero-order valence-corrected chi connectivity index (χ0v) is 12.5. The van der Waals surface area contributed by atoms with E-state index in [1.54, 1.807) is 11.8 Å². The molecule has 0 amide bonds. The molecular weight excluding hydrogens is 244 g/mol. The second-order valence-electron chi connectivity index (χ2n) is 4.75. The summed E-state index contributed by atoms with van der Waals surface area (Å²) in [6.45, 7) is 8.67. The van der Waals surface area contributed by atoms with Crippen LogP contribution in [0.25, 0.3) is 0 Å². The Morgan fingerprint density at radius 2 is 1.67 bits per heavy atom. The van der Waals surface area contributed by atoms with E-state index in [9.17, 15) is 4.79 Å². The summed E-state index contributed by atoms with van der Waals surface area (Å²) in [6, 6.07) is 2.24. The van der Waals surface area contributed by atoms with Crippen LogP contribution in [0.2, 0.25) is 0 Å². The van der Waals surface area contributed by atoms with E-state index in [0.717, 1.165) is 12.2 Å². The van der Waals surface area contributed by atoms with E-state index in [1.165, 1.54) is 27.8 Å². The van der Waals surface area contributed by atoms with Gasteiger partial charge in [-0.1, -0.05) is 6.07 Å². The minimum absolute atomic E-state index is 0.259. The van der Waals surface area contributed by atoms with Crippen molar-refractivity contribution in [1.29, 1.82) is 0 Å². The molecule has 0 aliphatic rings. The standard InChI is InChI=1S/C15H22O2S/c1-10-9-11(2)13(4)14(12(10)3)5-7-18-8-6-15(16)17/h9H,5-8H2,1-4H3,(H,16,17). The molecule has 0 radical (unpaired) electrons. The van der Waals surface area contributed by atoms with Gasteiger partial charge in [-0.3, -0.25) is 4.79 Å². The van der Waals surface area contributed by atoms with Crippen molar-refractivity contribution in [2.45, 2.75) is 40.5 Å². The second-order valence-corrected chi connectivity index (χ2v) is 5.97. The molecule has 0 aliphatic heterocycles. The van der Waals surface area contributed by atoms with E-state index in [0.29, 0.717) is 5.75 Å². The molecule has 1 aromatic carbocycles. The van der Waals surface area contributed by atoms with Crippen molar-refractivity contribution in [3.63, 3.8) is 0 Å². The number of carbonyl (C=O) groups is 1. The Hall–Kier alpha value is -0.960. The third kappa shape index (κ3) is 4.05. The summed E-state index contributed by atoms with van der Waals surface area (Å²) in [4.78, 5) is 10.4. The predicted octanol–water partition coefficient (Wildman–Crippen LogP) is 3.67. The highest BCUT2D eigenvalue weighted by molar-refractivity contribution is 7.99. The van der Waals surface area contributed by atoms with Crippen molar-refractivity contribution < 1.29 is 9.90 Å². The Morgan fingerprint density at radius 3 is 2.17 bits per heavy atom. The normalized spacial score (nSPS) is 10.7. The fraction of sp³-hybridized carbons (Fsp3) is 0.533. The first-order valence-electron chi connectivity index (χ1n) is 6.29. The van der Waals surface area contributed by atoms with E-state index in [1.807, 2.05) is 0 Å². The first-order chi connectivity index (χ1) is 8.43. The molecule has 18 heavy (non-hydrogen) atoms. The van der Waals surface area contributed by atoms with Crippen molar-refractivity contribution >= 4 is 17.7 Å². The number of aliphatic carboxylic acids is 1. The Kier molecular flexibility index (Phi) is 5.73. The van der Waals surface area contributed by atoms with Crippen LogP contribution in [0.3, 0.4) is 0 Å². The van der Waals surface area contributed by atoms with E-state index >= 15 is 0 Å². The molecule has 0 atom stereocenters. The van der Waals surface area contributed by atoms with Gasteiger partial charge in [-0.15, -0.1) is 0 Å². The molecule has 3 heteroatoms. The van der Waals surface area contributed by atoms with Gasteiger partial charge >= 0.3 is 5.97 Å². The van der Waals surface area contributed by atoms with Gasteiger partial charge in [0.05, 0.1) is 6.42 Å². The molecule has 1 N–H and O–H groups in total. The van der Waals surface area contributed by atoms with Gasteiger partial charge in [-0.05, 0) is 67.7 Å². The molecule has 0 aromatic heterocycles. The van der Waals surface area contributed by atoms with E-state index < -0.39 is 5.97 Å². The van der Waals surface area contributed by atoms with E-state index in [-0.39, 0.29) is 6.42 Å². The SMILES string of the molecule is Cc1cc(C)c(C)c(CCSCCC(=O)O)c1C. The maximum Gasteiger partial charge on any atom is 0.304 e. The Morgan fingerprint density at radius 1 is 1.11 bits per heavy atom. The number of aryl methyl sites for hydroxylation is 2. The van der Waals surface area contributed by atoms with Crippen molar-refractivity contribution in [3.05, 3.63) is 33.9 Å². The lowest BCUT2D eigenvalue weighted by molar-refractivity contribution is -0.136. The van der Waals surface area contributed by atoms with Crippen molar-refractivity contribution in [2.24, 2.45) is 0 Å². The van der Waals surface area contributed by atoms with Crippen LogP contribution in [0.4, 0.5) is 0 Å². The van der Waals surface area contributed by atoms with Gasteiger partial charge < -0.3 is 5.11 Å². The van der Waals surface area contributed by atoms with Gasteiger partial charge in [-0.25, -0.2) is 0 Å². The van der Waals surface area contributed by atoms with Crippen LogP contribution in [0, 0.1) is 27.7 Å². The average Bonchev–Trinajstić information content (AvgIpc) is 2.30. The van der Waals surface area contributed by atoms with Crippen LogP contribution in [0.15, 0.2) is 6.07 Å². The molecule has 0 saturated carbocycles. The van der Waals surface area contributed by atoms with Crippen molar-refractivity contribution in [2.75, 3.05) is 11.5 Å². The lowest BCUT2D eigenvalue weighted by atomic mass is 9.93. The molecule has 0 unspecified atom stereocenters. The minimum atomic E-state index is -0.707. The Bertz CT molecular complexity index is 412. The van der Waals surface area contributed by atoms with Crippen molar-refractivity contribution in [3.8, 4) is 0 Å². The fourth-order valence-corrected chi connectivity index (χ4v) is 2.98. The number of hydrogen-bond donors (Lipinski definition) is 1. The summed E-state index contributed by atoms with van der Waals surface area (Å²) in [5.41, 5.74) is 6.91. The van der Waals surface area contributed by atoms with Gasteiger partial charge in [-0.2, -0.15) is 11.8 Å². The zero-order valence-electron chi connectivity index (χ0n) is 11.7. The highest BCUT2D eigenvalue weighted by atomic mass is 32.2. The maximum absolute atomic E-state index is 10.4. The van der Waals surface area contributed by atoms with Gasteiger partial charge in [0.1, 0.15) is 0 Å². The molecule has 1 aromatic rings. The number of rotatable bonds is 6. The van der Waals surface area contributed by atoms with Crippen LogP contribution in [-0.4, -0.2) is 22.6 Å². The summed E-state index contributed by atoms with van der Waals surface area (Å²) in [6.07, 6.45) is 1.29. The molecule has 0 aliphatic carbocycles. The average molecular weight is 266 g/mol. The third-order valence-corrected chi connectivity index (χ3v) is 4.46. The first-order valence-corrected chi connectivity index (χ1v) is 7.44. The third-order valence-electron chi connectivity index (χ3n) is 3.48. The minimum Gasteiger partial charge on any atom is -0.481 e. The monoisotopic (exact) mass is 266 g/mol. The molecule has 0 saturated heterocycles. The molecule has 0 fully saturated rings. The quantitative estimate of drug-likeness (QED) is 0.798. The molecule has 100 valence electrons. The number of carboxylic acid groups (broad SMARTS) is 1. The molecule has 0 heterocycles. The predicted molar refractivity (Wildman–Crippen MR) is 78.7 cm³/mol. The number of carboxylic acids is 1. The largest absolute Gasteiger partial charge is 0.481 e. The molecule has 0 bridgehead atoms. The maximum atomic E-state index is 10.4. The lowest BCUT2D eigenvalue weighted by Gasteiger charge is -2.15. The van der Waals surface area contributed by atoms with Gasteiger partial charge in [0.25, 0.3) is 0 Å². The molecule has 2 nitrogen and oxygen atoms in total. The number of thioether (sulfide) groups is 1. The smallest absolute Gasteiger partial charge is 0.304 e. The lowest BCUT2D eigenvalue weighted by Crippen LogP contribution is -2.02. The summed E-state index contributed by atoms with van der Waals surface area (Å²) >= 11 is 1.72. The van der Waals surface area contributed by atoms with Crippen molar-refractivity contribution in [1.82, 2.24) is 0 Å². The van der Waals surface area contributed by atoms with E-state index in [4.69, 9.17) is 5.11 Å². The van der Waals surface area contributed by atoms with Crippen LogP contribution in [0.5, 0.6) is 0 Å². The molecular formula is C15H22O2S. The van der Waals surface area contributed by atoms with Gasteiger partial charge in [0.15, 0.2) is 0 Å². The number of benzene rings is 1. The topological polar surface area (TPSA) is 37.3 Å². The van der Waals surface area contributed by atoms with Crippen LogP contribution < -0.4 is 0 Å². The fourth-order valence-electron chi connectivity index (χ4n) is 2.11. The summed E-state index contributed by atoms with van der Waals surface area (Å²) in [5.74, 6) is 0.997.